The number of aromatic nitrogens is 1. The minimum absolute atomic E-state index is 0.186. The molecule has 5 heteroatoms. The average molecular weight is 274 g/mol. The SMILES string of the molecule is CCn1cc(CC(=O)NC(C)C(=O)O)c2ccccc21. The van der Waals surface area contributed by atoms with E-state index >= 15 is 0 Å². The number of benzene rings is 1. The standard InChI is InChI=1S/C15H18N2O3/c1-3-17-9-11(12-6-4-5-7-13(12)17)8-14(18)16-10(2)15(19)20/h4-7,9-10H,3,8H2,1-2H3,(H,16,18)(H,19,20). The third-order valence-corrected chi connectivity index (χ3v) is 3.31. The number of aliphatic carboxylic acids is 1. The number of rotatable bonds is 5. The number of aryl methyl sites for hydroxylation is 1. The lowest BCUT2D eigenvalue weighted by atomic mass is 10.1. The second-order valence-electron chi connectivity index (χ2n) is 4.76. The van der Waals surface area contributed by atoms with Gasteiger partial charge in [0.2, 0.25) is 5.91 Å². The van der Waals surface area contributed by atoms with Gasteiger partial charge in [-0.2, -0.15) is 0 Å². The second kappa shape index (κ2) is 5.77. The van der Waals surface area contributed by atoms with Gasteiger partial charge in [-0.15, -0.1) is 0 Å². The molecule has 2 rings (SSSR count). The van der Waals surface area contributed by atoms with Gasteiger partial charge < -0.3 is 15.0 Å². The second-order valence-corrected chi connectivity index (χ2v) is 4.76. The van der Waals surface area contributed by atoms with Gasteiger partial charge in [-0.25, -0.2) is 0 Å². The molecule has 0 radical (unpaired) electrons. The van der Waals surface area contributed by atoms with Crippen LogP contribution >= 0.6 is 0 Å². The monoisotopic (exact) mass is 274 g/mol. The molecule has 0 fully saturated rings. The molecule has 20 heavy (non-hydrogen) atoms. The number of hydrogen-bond acceptors (Lipinski definition) is 2. The fourth-order valence-corrected chi connectivity index (χ4v) is 2.25. The summed E-state index contributed by atoms with van der Waals surface area (Å²) in [6, 6.07) is 7.02. The first-order valence-electron chi connectivity index (χ1n) is 6.61. The Hall–Kier alpha value is -2.30. The van der Waals surface area contributed by atoms with E-state index < -0.39 is 12.0 Å². The molecule has 0 saturated heterocycles. The number of carbonyl (C=O) groups excluding carboxylic acids is 1. The average Bonchev–Trinajstić information content (AvgIpc) is 2.77. The molecule has 1 aromatic heterocycles. The number of hydrogen-bond donors (Lipinski definition) is 2. The summed E-state index contributed by atoms with van der Waals surface area (Å²) in [5.41, 5.74) is 2.00. The van der Waals surface area contributed by atoms with E-state index in [0.717, 1.165) is 23.0 Å². The molecule has 2 aromatic rings. The molecule has 1 atom stereocenters. The summed E-state index contributed by atoms with van der Waals surface area (Å²) < 4.78 is 2.08. The fraction of sp³-hybridized carbons (Fsp3) is 0.333. The Balaban J connectivity index is 2.21. The summed E-state index contributed by atoms with van der Waals surface area (Å²) in [6.07, 6.45) is 2.14. The van der Waals surface area contributed by atoms with Crippen molar-refractivity contribution in [3.63, 3.8) is 0 Å². The van der Waals surface area contributed by atoms with Gasteiger partial charge in [0.15, 0.2) is 0 Å². The van der Waals surface area contributed by atoms with E-state index in [2.05, 4.69) is 9.88 Å². The van der Waals surface area contributed by atoms with E-state index in [0.29, 0.717) is 0 Å². The highest BCUT2D eigenvalue weighted by Gasteiger charge is 2.16. The van der Waals surface area contributed by atoms with Crippen LogP contribution in [0.5, 0.6) is 0 Å². The van der Waals surface area contributed by atoms with Crippen molar-refractivity contribution in [2.24, 2.45) is 0 Å². The highest BCUT2D eigenvalue weighted by Crippen LogP contribution is 2.21. The maximum Gasteiger partial charge on any atom is 0.325 e. The number of nitrogens with one attached hydrogen (secondary N) is 1. The summed E-state index contributed by atoms with van der Waals surface area (Å²) in [5.74, 6) is -1.31. The van der Waals surface area contributed by atoms with Crippen LogP contribution in [0.4, 0.5) is 0 Å². The number of carboxylic acids is 1. The lowest BCUT2D eigenvalue weighted by Gasteiger charge is -2.08. The normalized spacial score (nSPS) is 12.3. The molecule has 1 unspecified atom stereocenters. The molecule has 1 heterocycles. The van der Waals surface area contributed by atoms with E-state index in [1.807, 2.05) is 37.4 Å². The smallest absolute Gasteiger partial charge is 0.325 e. The van der Waals surface area contributed by atoms with Gasteiger partial charge in [-0.3, -0.25) is 9.59 Å². The van der Waals surface area contributed by atoms with Crippen molar-refractivity contribution in [1.82, 2.24) is 9.88 Å². The number of carboxylic acid groups (broad SMARTS) is 1. The van der Waals surface area contributed by atoms with Crippen LogP contribution in [0, 0.1) is 0 Å². The predicted octanol–water partition coefficient (Wildman–Crippen LogP) is 1.79. The maximum absolute atomic E-state index is 11.9. The number of fused-ring (bicyclic) bond motifs is 1. The molecule has 106 valence electrons. The van der Waals surface area contributed by atoms with Gasteiger partial charge in [0.05, 0.1) is 6.42 Å². The number of nitrogens with zero attached hydrogens (tertiary/aromatic N) is 1. The van der Waals surface area contributed by atoms with Crippen molar-refractivity contribution in [3.05, 3.63) is 36.0 Å². The van der Waals surface area contributed by atoms with Crippen LogP contribution in [0.2, 0.25) is 0 Å². The van der Waals surface area contributed by atoms with Gasteiger partial charge in [0, 0.05) is 23.6 Å². The minimum Gasteiger partial charge on any atom is -0.480 e. The Kier molecular flexibility index (Phi) is 4.08. The van der Waals surface area contributed by atoms with E-state index in [1.54, 1.807) is 0 Å². The molecular formula is C15H18N2O3. The molecule has 0 aliphatic heterocycles. The van der Waals surface area contributed by atoms with Gasteiger partial charge in [-0.1, -0.05) is 18.2 Å². The third kappa shape index (κ3) is 2.82. The molecule has 0 aliphatic carbocycles. The summed E-state index contributed by atoms with van der Waals surface area (Å²) in [7, 11) is 0. The summed E-state index contributed by atoms with van der Waals surface area (Å²) in [4.78, 5) is 22.6. The van der Waals surface area contributed by atoms with E-state index in [4.69, 9.17) is 5.11 Å². The number of carbonyl (C=O) groups is 2. The van der Waals surface area contributed by atoms with Gasteiger partial charge in [0.25, 0.3) is 0 Å². The molecule has 1 amide bonds. The van der Waals surface area contributed by atoms with Gasteiger partial charge in [-0.05, 0) is 25.5 Å². The lowest BCUT2D eigenvalue weighted by molar-refractivity contribution is -0.141. The van der Waals surface area contributed by atoms with Crippen molar-refractivity contribution >= 4 is 22.8 Å². The summed E-state index contributed by atoms with van der Waals surface area (Å²) >= 11 is 0. The fourth-order valence-electron chi connectivity index (χ4n) is 2.25. The van der Waals surface area contributed by atoms with E-state index in [1.165, 1.54) is 6.92 Å². The Morgan fingerprint density at radius 3 is 2.70 bits per heavy atom. The zero-order chi connectivity index (χ0) is 14.7. The van der Waals surface area contributed by atoms with Crippen LogP contribution in [-0.2, 0) is 22.6 Å². The molecule has 0 saturated carbocycles. The van der Waals surface area contributed by atoms with Crippen molar-refractivity contribution in [2.75, 3.05) is 0 Å². The van der Waals surface area contributed by atoms with Crippen molar-refractivity contribution in [3.8, 4) is 0 Å². The first-order valence-corrected chi connectivity index (χ1v) is 6.61. The zero-order valence-electron chi connectivity index (χ0n) is 11.6. The van der Waals surface area contributed by atoms with Gasteiger partial charge in [0.1, 0.15) is 6.04 Å². The van der Waals surface area contributed by atoms with Crippen LogP contribution in [0.15, 0.2) is 30.5 Å². The van der Waals surface area contributed by atoms with Crippen LogP contribution in [-0.4, -0.2) is 27.6 Å². The highest BCUT2D eigenvalue weighted by atomic mass is 16.4. The van der Waals surface area contributed by atoms with E-state index in [-0.39, 0.29) is 12.3 Å². The molecule has 1 aromatic carbocycles. The largest absolute Gasteiger partial charge is 0.480 e. The van der Waals surface area contributed by atoms with Crippen molar-refractivity contribution in [2.45, 2.75) is 32.9 Å². The van der Waals surface area contributed by atoms with Gasteiger partial charge >= 0.3 is 5.97 Å². The Morgan fingerprint density at radius 2 is 2.05 bits per heavy atom. The Morgan fingerprint density at radius 1 is 1.35 bits per heavy atom. The van der Waals surface area contributed by atoms with Crippen molar-refractivity contribution < 1.29 is 14.7 Å². The van der Waals surface area contributed by atoms with E-state index in [9.17, 15) is 9.59 Å². The topological polar surface area (TPSA) is 71.3 Å². The Bertz CT molecular complexity index is 646. The van der Waals surface area contributed by atoms with Crippen LogP contribution in [0.3, 0.4) is 0 Å². The molecule has 5 nitrogen and oxygen atoms in total. The Labute approximate surface area is 117 Å². The maximum atomic E-state index is 11.9. The van der Waals surface area contributed by atoms with Crippen LogP contribution in [0.1, 0.15) is 19.4 Å². The highest BCUT2D eigenvalue weighted by molar-refractivity contribution is 5.90. The first kappa shape index (κ1) is 14.1. The number of amides is 1. The molecule has 0 aliphatic rings. The summed E-state index contributed by atoms with van der Waals surface area (Å²) in [6.45, 7) is 4.33. The van der Waals surface area contributed by atoms with Crippen LogP contribution < -0.4 is 5.32 Å². The molecule has 0 spiro atoms. The lowest BCUT2D eigenvalue weighted by Crippen LogP contribution is -2.39. The first-order chi connectivity index (χ1) is 9.52. The quantitative estimate of drug-likeness (QED) is 0.873. The van der Waals surface area contributed by atoms with Crippen LogP contribution in [0.25, 0.3) is 10.9 Å². The molecule has 0 bridgehead atoms. The minimum atomic E-state index is -1.03. The summed E-state index contributed by atoms with van der Waals surface area (Å²) in [5, 5.41) is 12.3. The molecular weight excluding hydrogens is 256 g/mol. The van der Waals surface area contributed by atoms with Crippen molar-refractivity contribution in [1.29, 1.82) is 0 Å². The number of para-hydroxylation sites is 1. The molecule has 2 N–H and O–H groups in total. The third-order valence-electron chi connectivity index (χ3n) is 3.31. The predicted molar refractivity (Wildman–Crippen MR) is 76.6 cm³/mol. The zero-order valence-corrected chi connectivity index (χ0v) is 11.6.